The summed E-state index contributed by atoms with van der Waals surface area (Å²) in [5, 5.41) is 5.73. The SMILES string of the molecule is C[C@H](NC(=O)NCCN1CCCC1)c1cccc(NS(C)(=O)=O)c1. The van der Waals surface area contributed by atoms with Crippen LogP contribution >= 0.6 is 0 Å². The predicted octanol–water partition coefficient (Wildman–Crippen LogP) is 1.51. The smallest absolute Gasteiger partial charge is 0.315 e. The van der Waals surface area contributed by atoms with E-state index in [1.165, 1.54) is 12.8 Å². The Hall–Kier alpha value is -1.80. The topological polar surface area (TPSA) is 90.5 Å². The van der Waals surface area contributed by atoms with E-state index in [0.29, 0.717) is 12.2 Å². The second-order valence-electron chi connectivity index (χ2n) is 6.17. The number of nitrogens with one attached hydrogen (secondary N) is 3. The first-order chi connectivity index (χ1) is 11.3. The maximum atomic E-state index is 12.0. The molecule has 1 saturated heterocycles. The first kappa shape index (κ1) is 18.5. The van der Waals surface area contributed by atoms with Crippen LogP contribution in [0.3, 0.4) is 0 Å². The Kier molecular flexibility index (Phi) is 6.44. The van der Waals surface area contributed by atoms with E-state index in [0.717, 1.165) is 31.5 Å². The Morgan fingerprint density at radius 1 is 1.29 bits per heavy atom. The number of nitrogens with zero attached hydrogens (tertiary/aromatic N) is 1. The predicted molar refractivity (Wildman–Crippen MR) is 95.5 cm³/mol. The van der Waals surface area contributed by atoms with Crippen molar-refractivity contribution in [2.45, 2.75) is 25.8 Å². The Bertz CT molecular complexity index is 657. The minimum Gasteiger partial charge on any atom is -0.337 e. The summed E-state index contributed by atoms with van der Waals surface area (Å²) in [5.41, 5.74) is 1.32. The second-order valence-corrected chi connectivity index (χ2v) is 7.92. The van der Waals surface area contributed by atoms with Crippen molar-refractivity contribution < 1.29 is 13.2 Å². The van der Waals surface area contributed by atoms with Crippen molar-refractivity contribution >= 4 is 21.7 Å². The maximum Gasteiger partial charge on any atom is 0.315 e. The fourth-order valence-corrected chi connectivity index (χ4v) is 3.31. The van der Waals surface area contributed by atoms with Gasteiger partial charge in [-0.15, -0.1) is 0 Å². The first-order valence-corrected chi connectivity index (χ1v) is 10.1. The molecule has 1 atom stereocenters. The van der Waals surface area contributed by atoms with Crippen LogP contribution in [0.15, 0.2) is 24.3 Å². The van der Waals surface area contributed by atoms with Gasteiger partial charge >= 0.3 is 6.03 Å². The van der Waals surface area contributed by atoms with Crippen molar-refractivity contribution in [3.8, 4) is 0 Å². The molecule has 1 heterocycles. The normalized spacial score (nSPS) is 16.6. The first-order valence-electron chi connectivity index (χ1n) is 8.18. The third kappa shape index (κ3) is 6.37. The molecule has 0 aliphatic carbocycles. The lowest BCUT2D eigenvalue weighted by Crippen LogP contribution is -2.40. The molecule has 1 aromatic carbocycles. The van der Waals surface area contributed by atoms with Crippen LogP contribution in [0, 0.1) is 0 Å². The number of amides is 2. The second kappa shape index (κ2) is 8.34. The van der Waals surface area contributed by atoms with Gasteiger partial charge in [0.25, 0.3) is 0 Å². The van der Waals surface area contributed by atoms with Crippen molar-refractivity contribution in [3.05, 3.63) is 29.8 Å². The van der Waals surface area contributed by atoms with E-state index < -0.39 is 10.0 Å². The molecule has 0 aromatic heterocycles. The van der Waals surface area contributed by atoms with Gasteiger partial charge in [0.05, 0.1) is 12.3 Å². The van der Waals surface area contributed by atoms with Crippen LogP contribution in [-0.2, 0) is 10.0 Å². The molecule has 1 fully saturated rings. The van der Waals surface area contributed by atoms with Gasteiger partial charge in [0.15, 0.2) is 0 Å². The summed E-state index contributed by atoms with van der Waals surface area (Å²) < 4.78 is 25.0. The number of sulfonamides is 1. The largest absolute Gasteiger partial charge is 0.337 e. The standard InChI is InChI=1S/C16H26N4O3S/c1-13(14-6-5-7-15(12-14)19-24(2,22)23)18-16(21)17-8-11-20-9-3-4-10-20/h5-7,12-13,19H,3-4,8-11H2,1-2H3,(H2,17,18,21)/t13-/m0/s1. The monoisotopic (exact) mass is 354 g/mol. The molecule has 2 amide bonds. The van der Waals surface area contributed by atoms with Gasteiger partial charge in [-0.05, 0) is 50.6 Å². The lowest BCUT2D eigenvalue weighted by atomic mass is 10.1. The molecule has 1 aliphatic heterocycles. The van der Waals surface area contributed by atoms with Crippen LogP contribution in [-0.4, -0.2) is 51.8 Å². The third-order valence-corrected chi connectivity index (χ3v) is 4.56. The van der Waals surface area contributed by atoms with Crippen LogP contribution in [0.5, 0.6) is 0 Å². The lowest BCUT2D eigenvalue weighted by Gasteiger charge is -2.18. The zero-order valence-electron chi connectivity index (χ0n) is 14.2. The average molecular weight is 354 g/mol. The zero-order chi connectivity index (χ0) is 17.6. The molecule has 7 nitrogen and oxygen atoms in total. The van der Waals surface area contributed by atoms with Crippen LogP contribution < -0.4 is 15.4 Å². The molecule has 0 spiro atoms. The van der Waals surface area contributed by atoms with Gasteiger partial charge in [-0.2, -0.15) is 0 Å². The molecular weight excluding hydrogens is 328 g/mol. The molecular formula is C16H26N4O3S. The summed E-state index contributed by atoms with van der Waals surface area (Å²) in [4.78, 5) is 14.3. The molecule has 2 rings (SSSR count). The Morgan fingerprint density at radius 2 is 2.00 bits per heavy atom. The number of likely N-dealkylation sites (tertiary alicyclic amines) is 1. The average Bonchev–Trinajstić information content (AvgIpc) is 2.99. The highest BCUT2D eigenvalue weighted by Crippen LogP contribution is 2.18. The van der Waals surface area contributed by atoms with Gasteiger partial charge < -0.3 is 15.5 Å². The van der Waals surface area contributed by atoms with E-state index in [1.807, 2.05) is 13.0 Å². The number of benzene rings is 1. The Morgan fingerprint density at radius 3 is 2.67 bits per heavy atom. The van der Waals surface area contributed by atoms with Crippen LogP contribution in [0.2, 0.25) is 0 Å². The number of hydrogen-bond donors (Lipinski definition) is 3. The molecule has 0 radical (unpaired) electrons. The summed E-state index contributed by atoms with van der Waals surface area (Å²) in [6.07, 6.45) is 3.58. The van der Waals surface area contributed by atoms with Crippen LogP contribution in [0.25, 0.3) is 0 Å². The quantitative estimate of drug-likeness (QED) is 0.692. The van der Waals surface area contributed by atoms with Gasteiger partial charge in [-0.3, -0.25) is 4.72 Å². The van der Waals surface area contributed by atoms with E-state index in [1.54, 1.807) is 18.2 Å². The van der Waals surface area contributed by atoms with Gasteiger partial charge in [-0.1, -0.05) is 12.1 Å². The van der Waals surface area contributed by atoms with Crippen molar-refractivity contribution in [3.63, 3.8) is 0 Å². The van der Waals surface area contributed by atoms with E-state index in [4.69, 9.17) is 0 Å². The molecule has 134 valence electrons. The fourth-order valence-electron chi connectivity index (χ4n) is 2.75. The van der Waals surface area contributed by atoms with Crippen molar-refractivity contribution in [2.24, 2.45) is 0 Å². The van der Waals surface area contributed by atoms with Gasteiger partial charge in [0, 0.05) is 18.8 Å². The zero-order valence-corrected chi connectivity index (χ0v) is 15.0. The molecule has 24 heavy (non-hydrogen) atoms. The molecule has 0 bridgehead atoms. The summed E-state index contributed by atoms with van der Waals surface area (Å²) in [6.45, 7) is 5.57. The summed E-state index contributed by atoms with van der Waals surface area (Å²) in [7, 11) is -3.32. The van der Waals surface area contributed by atoms with E-state index in [2.05, 4.69) is 20.3 Å². The maximum absolute atomic E-state index is 12.0. The van der Waals surface area contributed by atoms with Gasteiger partial charge in [0.1, 0.15) is 0 Å². The fraction of sp³-hybridized carbons (Fsp3) is 0.562. The number of rotatable bonds is 7. The van der Waals surface area contributed by atoms with Gasteiger partial charge in [0.2, 0.25) is 10.0 Å². The summed E-state index contributed by atoms with van der Waals surface area (Å²) >= 11 is 0. The third-order valence-electron chi connectivity index (χ3n) is 3.95. The number of carbonyl (C=O) groups is 1. The van der Waals surface area contributed by atoms with Crippen molar-refractivity contribution in [1.82, 2.24) is 15.5 Å². The van der Waals surface area contributed by atoms with Crippen LogP contribution in [0.4, 0.5) is 10.5 Å². The summed E-state index contributed by atoms with van der Waals surface area (Å²) in [5.74, 6) is 0. The van der Waals surface area contributed by atoms with Crippen molar-refractivity contribution in [2.75, 3.05) is 37.2 Å². The lowest BCUT2D eigenvalue weighted by molar-refractivity contribution is 0.235. The Labute approximate surface area is 143 Å². The minimum atomic E-state index is -3.32. The molecule has 1 aromatic rings. The summed E-state index contributed by atoms with van der Waals surface area (Å²) in [6, 6.07) is 6.56. The minimum absolute atomic E-state index is 0.219. The van der Waals surface area contributed by atoms with E-state index in [-0.39, 0.29) is 12.1 Å². The highest BCUT2D eigenvalue weighted by Gasteiger charge is 2.13. The molecule has 1 aliphatic rings. The number of urea groups is 1. The number of anilines is 1. The Balaban J connectivity index is 1.81. The van der Waals surface area contributed by atoms with Crippen molar-refractivity contribution in [1.29, 1.82) is 0 Å². The molecule has 0 unspecified atom stereocenters. The van der Waals surface area contributed by atoms with E-state index >= 15 is 0 Å². The number of carbonyl (C=O) groups excluding carboxylic acids is 1. The highest BCUT2D eigenvalue weighted by molar-refractivity contribution is 7.92. The van der Waals surface area contributed by atoms with Crippen LogP contribution in [0.1, 0.15) is 31.4 Å². The molecule has 0 saturated carbocycles. The molecule has 8 heteroatoms. The molecule has 3 N–H and O–H groups in total. The highest BCUT2D eigenvalue weighted by atomic mass is 32.2. The number of hydrogen-bond acceptors (Lipinski definition) is 4. The van der Waals surface area contributed by atoms with Gasteiger partial charge in [-0.25, -0.2) is 13.2 Å². The van der Waals surface area contributed by atoms with E-state index in [9.17, 15) is 13.2 Å².